The van der Waals surface area contributed by atoms with Crippen LogP contribution >= 0.6 is 0 Å². The van der Waals surface area contributed by atoms with Crippen LogP contribution in [0, 0.1) is 0 Å². The lowest BCUT2D eigenvalue weighted by atomic mass is 10.1. The molecule has 4 heteroatoms. The van der Waals surface area contributed by atoms with E-state index in [9.17, 15) is 9.90 Å². The number of nitrogens with two attached hydrogens (primary N) is 1. The topological polar surface area (TPSA) is 68.2 Å². The van der Waals surface area contributed by atoms with Crippen LogP contribution in [0.1, 0.15) is 29.9 Å². The molecule has 0 aliphatic carbocycles. The number of carbonyl (C=O) groups is 1. The summed E-state index contributed by atoms with van der Waals surface area (Å²) in [5.74, 6) is -0.254. The lowest BCUT2D eigenvalue weighted by molar-refractivity contribution is 0.100. The largest absolute Gasteiger partial charge is 0.508 e. The number of para-hydroxylation sites is 1. The number of aromatic hydroxyl groups is 1. The Balaban J connectivity index is 2.46. The molecule has 4 nitrogen and oxygen atoms in total. The minimum absolute atomic E-state index is 0.198. The van der Waals surface area contributed by atoms with Crippen LogP contribution in [0.15, 0.2) is 54.1 Å². The molecule has 3 N–H and O–H groups in total. The van der Waals surface area contributed by atoms with Crippen LogP contribution < -0.4 is 5.73 Å². The van der Waals surface area contributed by atoms with Crippen molar-refractivity contribution in [3.05, 3.63) is 65.4 Å². The molecular weight excluding hydrogens is 288 g/mol. The number of amides is 1. The molecular formula is C19H18N2O2. The predicted octanol–water partition coefficient (Wildman–Crippen LogP) is 3.86. The molecule has 0 fully saturated rings. The zero-order chi connectivity index (χ0) is 16.6. The van der Waals surface area contributed by atoms with Gasteiger partial charge in [-0.2, -0.15) is 0 Å². The Morgan fingerprint density at radius 2 is 1.74 bits per heavy atom. The monoisotopic (exact) mass is 306 g/mol. The van der Waals surface area contributed by atoms with Gasteiger partial charge in [0.2, 0.25) is 0 Å². The van der Waals surface area contributed by atoms with Gasteiger partial charge in [0.1, 0.15) is 5.75 Å². The fourth-order valence-electron chi connectivity index (χ4n) is 2.81. The van der Waals surface area contributed by atoms with E-state index in [2.05, 4.69) is 0 Å². The molecule has 0 bridgehead atoms. The molecule has 1 amide bonds. The van der Waals surface area contributed by atoms with Gasteiger partial charge in [0.25, 0.3) is 5.91 Å². The molecule has 1 aromatic heterocycles. The van der Waals surface area contributed by atoms with Crippen molar-refractivity contribution < 1.29 is 9.90 Å². The van der Waals surface area contributed by atoms with Crippen molar-refractivity contribution in [1.82, 2.24) is 4.57 Å². The van der Waals surface area contributed by atoms with E-state index in [1.165, 1.54) is 0 Å². The van der Waals surface area contributed by atoms with Crippen molar-refractivity contribution in [1.29, 1.82) is 0 Å². The zero-order valence-electron chi connectivity index (χ0n) is 13.1. The van der Waals surface area contributed by atoms with E-state index in [1.54, 1.807) is 12.1 Å². The van der Waals surface area contributed by atoms with Crippen molar-refractivity contribution >= 4 is 22.9 Å². The molecule has 0 aliphatic rings. The minimum Gasteiger partial charge on any atom is -0.508 e. The minimum atomic E-state index is -0.453. The van der Waals surface area contributed by atoms with Gasteiger partial charge >= 0.3 is 0 Å². The number of hydrogen-bond acceptors (Lipinski definition) is 2. The number of rotatable bonds is 3. The molecule has 3 aromatic rings. The zero-order valence-corrected chi connectivity index (χ0v) is 13.1. The van der Waals surface area contributed by atoms with Gasteiger partial charge < -0.3 is 15.4 Å². The van der Waals surface area contributed by atoms with Gasteiger partial charge in [0, 0.05) is 11.1 Å². The summed E-state index contributed by atoms with van der Waals surface area (Å²) >= 11 is 0. The quantitative estimate of drug-likeness (QED) is 0.771. The highest BCUT2D eigenvalue weighted by molar-refractivity contribution is 6.10. The maximum atomic E-state index is 12.1. The first-order valence-electron chi connectivity index (χ1n) is 7.36. The van der Waals surface area contributed by atoms with Gasteiger partial charge in [0.15, 0.2) is 0 Å². The highest BCUT2D eigenvalue weighted by atomic mass is 16.3. The van der Waals surface area contributed by atoms with Crippen LogP contribution in [-0.2, 0) is 0 Å². The molecule has 2 aromatic carbocycles. The summed E-state index contributed by atoms with van der Waals surface area (Å²) in [6.07, 6.45) is 1.95. The first-order chi connectivity index (χ1) is 11.0. The molecule has 23 heavy (non-hydrogen) atoms. The lowest BCUT2D eigenvalue weighted by Crippen LogP contribution is -2.12. The SMILES string of the molecule is CC(C)=Cc1c(C(N)=O)c2ccccc2n1-c1ccc(O)cc1. The van der Waals surface area contributed by atoms with Gasteiger partial charge in [0.05, 0.1) is 16.8 Å². The number of primary amides is 1. The fraction of sp³-hybridized carbons (Fsp3) is 0.105. The molecule has 0 radical (unpaired) electrons. The van der Waals surface area contributed by atoms with Crippen LogP contribution in [0.3, 0.4) is 0 Å². The van der Waals surface area contributed by atoms with Gasteiger partial charge in [-0.05, 0) is 50.3 Å². The summed E-state index contributed by atoms with van der Waals surface area (Å²) in [7, 11) is 0. The van der Waals surface area contributed by atoms with Crippen LogP contribution in [0.25, 0.3) is 22.7 Å². The predicted molar refractivity (Wildman–Crippen MR) is 92.8 cm³/mol. The summed E-state index contributed by atoms with van der Waals surface area (Å²) < 4.78 is 1.99. The third-order valence-corrected chi connectivity index (χ3v) is 3.69. The Kier molecular flexibility index (Phi) is 3.66. The summed E-state index contributed by atoms with van der Waals surface area (Å²) in [4.78, 5) is 12.1. The first-order valence-corrected chi connectivity index (χ1v) is 7.36. The van der Waals surface area contributed by atoms with Crippen LogP contribution in [-0.4, -0.2) is 15.6 Å². The Morgan fingerprint density at radius 3 is 2.35 bits per heavy atom. The van der Waals surface area contributed by atoms with E-state index in [1.807, 2.05) is 60.9 Å². The Labute approximate surface area is 134 Å². The molecule has 0 atom stereocenters. The van der Waals surface area contributed by atoms with E-state index in [0.717, 1.165) is 27.9 Å². The molecule has 0 unspecified atom stereocenters. The van der Waals surface area contributed by atoms with E-state index in [0.29, 0.717) is 5.56 Å². The second-order valence-corrected chi connectivity index (χ2v) is 5.72. The van der Waals surface area contributed by atoms with E-state index < -0.39 is 5.91 Å². The maximum absolute atomic E-state index is 12.1. The summed E-state index contributed by atoms with van der Waals surface area (Å²) in [5.41, 5.74) is 9.74. The van der Waals surface area contributed by atoms with Crippen LogP contribution in [0.2, 0.25) is 0 Å². The molecule has 116 valence electrons. The van der Waals surface area contributed by atoms with Crippen molar-refractivity contribution in [3.8, 4) is 11.4 Å². The Hall–Kier alpha value is -3.01. The first kappa shape index (κ1) is 14.9. The van der Waals surface area contributed by atoms with Crippen LogP contribution in [0.4, 0.5) is 0 Å². The molecule has 0 saturated carbocycles. The molecule has 0 aliphatic heterocycles. The van der Waals surface area contributed by atoms with Gasteiger partial charge in [-0.3, -0.25) is 4.79 Å². The van der Waals surface area contributed by atoms with Gasteiger partial charge in [-0.25, -0.2) is 0 Å². The van der Waals surface area contributed by atoms with Gasteiger partial charge in [-0.1, -0.05) is 23.8 Å². The smallest absolute Gasteiger partial charge is 0.251 e. The summed E-state index contributed by atoms with van der Waals surface area (Å²) in [5, 5.41) is 10.3. The highest BCUT2D eigenvalue weighted by Crippen LogP contribution is 2.31. The molecule has 3 rings (SSSR count). The van der Waals surface area contributed by atoms with Crippen molar-refractivity contribution in [2.45, 2.75) is 13.8 Å². The van der Waals surface area contributed by atoms with Gasteiger partial charge in [-0.15, -0.1) is 0 Å². The second kappa shape index (κ2) is 5.65. The average molecular weight is 306 g/mol. The van der Waals surface area contributed by atoms with Crippen molar-refractivity contribution in [2.24, 2.45) is 5.73 Å². The maximum Gasteiger partial charge on any atom is 0.251 e. The number of phenolic OH excluding ortho intramolecular Hbond substituents is 1. The number of allylic oxidation sites excluding steroid dienone is 1. The van der Waals surface area contributed by atoms with Crippen molar-refractivity contribution in [2.75, 3.05) is 0 Å². The number of aromatic nitrogens is 1. The van der Waals surface area contributed by atoms with E-state index in [4.69, 9.17) is 5.73 Å². The second-order valence-electron chi connectivity index (χ2n) is 5.72. The summed E-state index contributed by atoms with van der Waals surface area (Å²) in [6.45, 7) is 3.95. The lowest BCUT2D eigenvalue weighted by Gasteiger charge is -2.10. The number of phenols is 1. The highest BCUT2D eigenvalue weighted by Gasteiger charge is 2.20. The third-order valence-electron chi connectivity index (χ3n) is 3.69. The number of hydrogen-bond donors (Lipinski definition) is 2. The number of carbonyl (C=O) groups excluding carboxylic acids is 1. The molecule has 1 heterocycles. The van der Waals surface area contributed by atoms with E-state index >= 15 is 0 Å². The fourth-order valence-corrected chi connectivity index (χ4v) is 2.81. The number of nitrogens with zero attached hydrogens (tertiary/aromatic N) is 1. The molecule has 0 spiro atoms. The standard InChI is InChI=1S/C19H18N2O2/c1-12(2)11-17-18(19(20)23)15-5-3-4-6-16(15)21(17)13-7-9-14(22)10-8-13/h3-11,22H,1-2H3,(H2,20,23). The van der Waals surface area contributed by atoms with Crippen molar-refractivity contribution in [3.63, 3.8) is 0 Å². The normalized spacial score (nSPS) is 10.7. The third kappa shape index (κ3) is 2.59. The Bertz CT molecular complexity index is 914. The average Bonchev–Trinajstić information content (AvgIpc) is 2.81. The summed E-state index contributed by atoms with van der Waals surface area (Å²) in [6, 6.07) is 14.6. The Morgan fingerprint density at radius 1 is 1.09 bits per heavy atom. The molecule has 0 saturated heterocycles. The van der Waals surface area contributed by atoms with E-state index in [-0.39, 0.29) is 5.75 Å². The number of fused-ring (bicyclic) bond motifs is 1. The van der Waals surface area contributed by atoms with Crippen LogP contribution in [0.5, 0.6) is 5.75 Å². The number of benzene rings is 2.